The summed E-state index contributed by atoms with van der Waals surface area (Å²) in [4.78, 5) is 25.8. The van der Waals surface area contributed by atoms with Crippen LogP contribution in [0.5, 0.6) is 0 Å². The molecule has 1 aliphatic carbocycles. The summed E-state index contributed by atoms with van der Waals surface area (Å²) >= 11 is 0. The molecular formula is C18H17N2O4. The molecule has 0 amide bonds. The number of carbonyl (C=O) groups excluding carboxylic acids is 2. The first-order valence-electron chi connectivity index (χ1n) is 7.59. The Morgan fingerprint density at radius 1 is 0.875 bits per heavy atom. The summed E-state index contributed by atoms with van der Waals surface area (Å²) in [7, 11) is 0. The second-order valence-corrected chi connectivity index (χ2v) is 5.33. The molecule has 0 aliphatic heterocycles. The quantitative estimate of drug-likeness (QED) is 0.552. The highest BCUT2D eigenvalue weighted by atomic mass is 16.3. The van der Waals surface area contributed by atoms with Crippen LogP contribution in [0.3, 0.4) is 0 Å². The van der Waals surface area contributed by atoms with E-state index < -0.39 is 0 Å². The Morgan fingerprint density at radius 3 is 2.00 bits per heavy atom. The molecule has 1 aliphatic rings. The third-order valence-electron chi connectivity index (χ3n) is 3.88. The van der Waals surface area contributed by atoms with E-state index in [2.05, 4.69) is 10.6 Å². The van der Waals surface area contributed by atoms with Crippen LogP contribution in [0.2, 0.25) is 0 Å². The third kappa shape index (κ3) is 2.66. The van der Waals surface area contributed by atoms with E-state index in [1.54, 1.807) is 36.4 Å². The molecule has 123 valence electrons. The lowest BCUT2D eigenvalue weighted by atomic mass is 9.82. The predicted molar refractivity (Wildman–Crippen MR) is 90.0 cm³/mol. The van der Waals surface area contributed by atoms with Gasteiger partial charge in [0.1, 0.15) is 0 Å². The molecule has 4 N–H and O–H groups in total. The third-order valence-corrected chi connectivity index (χ3v) is 3.88. The molecule has 0 bridgehead atoms. The number of anilines is 2. The van der Waals surface area contributed by atoms with Gasteiger partial charge >= 0.3 is 0 Å². The average molecular weight is 325 g/mol. The van der Waals surface area contributed by atoms with Gasteiger partial charge in [-0.3, -0.25) is 9.59 Å². The summed E-state index contributed by atoms with van der Waals surface area (Å²) in [6.07, 6.45) is 0. The van der Waals surface area contributed by atoms with E-state index in [1.807, 2.05) is 0 Å². The van der Waals surface area contributed by atoms with Crippen molar-refractivity contribution in [1.29, 1.82) is 0 Å². The second-order valence-electron chi connectivity index (χ2n) is 5.33. The maximum absolute atomic E-state index is 13.1. The number of hydrogen-bond donors (Lipinski definition) is 4. The Balaban J connectivity index is 2.13. The van der Waals surface area contributed by atoms with Crippen molar-refractivity contribution in [3.05, 3.63) is 65.3 Å². The van der Waals surface area contributed by atoms with E-state index in [-0.39, 0.29) is 31.3 Å². The molecule has 2 aromatic rings. The minimum atomic E-state index is -0.262. The zero-order valence-corrected chi connectivity index (χ0v) is 12.9. The Bertz CT molecular complexity index is 738. The van der Waals surface area contributed by atoms with Gasteiger partial charge in [0, 0.05) is 35.6 Å². The molecule has 2 aromatic carbocycles. The summed E-state index contributed by atoms with van der Waals surface area (Å²) < 4.78 is 0. The molecule has 0 saturated heterocycles. The van der Waals surface area contributed by atoms with E-state index in [4.69, 9.17) is 10.2 Å². The summed E-state index contributed by atoms with van der Waals surface area (Å²) in [6.45, 7) is 1.30. The van der Waals surface area contributed by atoms with Crippen LogP contribution in [-0.4, -0.2) is 41.5 Å². The second kappa shape index (κ2) is 6.82. The van der Waals surface area contributed by atoms with E-state index in [1.165, 1.54) is 0 Å². The molecule has 0 aromatic heterocycles. The van der Waals surface area contributed by atoms with Crippen molar-refractivity contribution in [2.75, 3.05) is 30.3 Å². The van der Waals surface area contributed by atoms with Crippen molar-refractivity contribution in [1.82, 2.24) is 0 Å². The lowest BCUT2D eigenvalue weighted by Gasteiger charge is -2.23. The van der Waals surface area contributed by atoms with Gasteiger partial charge in [0.15, 0.2) is 11.6 Å². The largest absolute Gasteiger partial charge is 0.395 e. The molecule has 0 spiro atoms. The first-order chi connectivity index (χ1) is 11.7. The highest BCUT2D eigenvalue weighted by Crippen LogP contribution is 2.35. The van der Waals surface area contributed by atoms with Gasteiger partial charge in [-0.15, -0.1) is 0 Å². The Labute approximate surface area is 139 Å². The number of hydrogen-bond acceptors (Lipinski definition) is 6. The molecule has 0 saturated carbocycles. The van der Waals surface area contributed by atoms with Crippen molar-refractivity contribution in [3.8, 4) is 0 Å². The van der Waals surface area contributed by atoms with Crippen molar-refractivity contribution < 1.29 is 19.8 Å². The van der Waals surface area contributed by atoms with Crippen LogP contribution < -0.4 is 10.6 Å². The number of fused-ring (bicyclic) bond motifs is 2. The molecule has 6 heteroatoms. The molecule has 0 unspecified atom stereocenters. The van der Waals surface area contributed by atoms with Gasteiger partial charge in [0.05, 0.1) is 24.3 Å². The van der Waals surface area contributed by atoms with Crippen LogP contribution >= 0.6 is 0 Å². The number of nitrogens with one attached hydrogen (secondary N) is 2. The minimum Gasteiger partial charge on any atom is -0.395 e. The number of ketones is 2. The van der Waals surface area contributed by atoms with Crippen molar-refractivity contribution >= 4 is 22.9 Å². The highest BCUT2D eigenvalue weighted by Gasteiger charge is 2.33. The highest BCUT2D eigenvalue weighted by molar-refractivity contribution is 6.31. The van der Waals surface area contributed by atoms with Gasteiger partial charge in [-0.2, -0.15) is 0 Å². The molecule has 0 atom stereocenters. The van der Waals surface area contributed by atoms with Gasteiger partial charge in [-0.1, -0.05) is 24.3 Å². The zero-order chi connectivity index (χ0) is 17.1. The molecule has 3 rings (SSSR count). The number of carbonyl (C=O) groups is 2. The first kappa shape index (κ1) is 16.2. The fourth-order valence-electron chi connectivity index (χ4n) is 2.88. The van der Waals surface area contributed by atoms with E-state index in [0.29, 0.717) is 33.6 Å². The maximum atomic E-state index is 13.1. The number of benzene rings is 2. The molecule has 6 nitrogen and oxygen atoms in total. The van der Waals surface area contributed by atoms with Crippen molar-refractivity contribution in [2.45, 2.75) is 0 Å². The number of rotatable bonds is 6. The normalized spacial score (nSPS) is 12.6. The van der Waals surface area contributed by atoms with E-state index in [9.17, 15) is 9.59 Å². The Morgan fingerprint density at radius 2 is 1.46 bits per heavy atom. The van der Waals surface area contributed by atoms with Gasteiger partial charge in [-0.05, 0) is 12.1 Å². The van der Waals surface area contributed by atoms with Crippen LogP contribution in [0, 0.1) is 6.61 Å². The fraction of sp³-hybridized carbons (Fsp3) is 0.167. The Hall–Kier alpha value is -2.70. The minimum absolute atomic E-state index is 0.0818. The zero-order valence-electron chi connectivity index (χ0n) is 12.9. The van der Waals surface area contributed by atoms with Gasteiger partial charge in [-0.25, -0.2) is 0 Å². The summed E-state index contributed by atoms with van der Waals surface area (Å²) in [5, 5.41) is 23.8. The number of aliphatic hydroxyl groups excluding tert-OH is 2. The van der Waals surface area contributed by atoms with Crippen molar-refractivity contribution in [2.24, 2.45) is 0 Å². The lowest BCUT2D eigenvalue weighted by molar-refractivity contribution is 0.0980. The van der Waals surface area contributed by atoms with Crippen LogP contribution in [-0.2, 0) is 0 Å². The standard InChI is InChI=1S/C18H17N2O4/c21-9-7-19-13-5-1-3-11-15(13)18(24)16-12(17(11)23)4-2-6-14(16)20-8-10-22/h1-6,9,19-22H,7-8,10H2. The molecule has 1 radical (unpaired) electrons. The monoisotopic (exact) mass is 325 g/mol. The Kier molecular flexibility index (Phi) is 4.59. The van der Waals surface area contributed by atoms with E-state index in [0.717, 1.165) is 6.61 Å². The summed E-state index contributed by atoms with van der Waals surface area (Å²) in [6, 6.07) is 10.1. The smallest absolute Gasteiger partial charge is 0.198 e. The van der Waals surface area contributed by atoms with Crippen molar-refractivity contribution in [3.63, 3.8) is 0 Å². The summed E-state index contributed by atoms with van der Waals surface area (Å²) in [5.74, 6) is -0.481. The topological polar surface area (TPSA) is 98.7 Å². The van der Waals surface area contributed by atoms with E-state index >= 15 is 0 Å². The van der Waals surface area contributed by atoms with Gasteiger partial charge in [0.25, 0.3) is 0 Å². The number of aliphatic hydroxyl groups is 2. The van der Waals surface area contributed by atoms with Crippen LogP contribution in [0.4, 0.5) is 11.4 Å². The molecule has 24 heavy (non-hydrogen) atoms. The van der Waals surface area contributed by atoms with Gasteiger partial charge < -0.3 is 20.8 Å². The molecule has 0 fully saturated rings. The van der Waals surface area contributed by atoms with Gasteiger partial charge in [0.2, 0.25) is 0 Å². The molecular weight excluding hydrogens is 308 g/mol. The van der Waals surface area contributed by atoms with Crippen LogP contribution in [0.1, 0.15) is 31.8 Å². The average Bonchev–Trinajstić information content (AvgIpc) is 2.62. The fourth-order valence-corrected chi connectivity index (χ4v) is 2.88. The summed E-state index contributed by atoms with van der Waals surface area (Å²) in [5.41, 5.74) is 2.32. The van der Waals surface area contributed by atoms with Crippen LogP contribution in [0.25, 0.3) is 0 Å². The molecule has 0 heterocycles. The predicted octanol–water partition coefficient (Wildman–Crippen LogP) is 1.81. The first-order valence-corrected chi connectivity index (χ1v) is 7.59. The maximum Gasteiger partial charge on any atom is 0.198 e. The van der Waals surface area contributed by atoms with Crippen LogP contribution in [0.15, 0.2) is 36.4 Å². The SMILES string of the molecule is O=C1c2cccc(NC[CH]O)c2C(=O)c2c(NCCO)cccc21. The lowest BCUT2D eigenvalue weighted by Crippen LogP contribution is -2.24.